The molecule has 0 unspecified atom stereocenters. The fourth-order valence-electron chi connectivity index (χ4n) is 1.73. The van der Waals surface area contributed by atoms with Crippen molar-refractivity contribution in [1.82, 2.24) is 14.9 Å². The minimum absolute atomic E-state index is 0. The van der Waals surface area contributed by atoms with Crippen LogP contribution in [0.4, 0.5) is 0 Å². The summed E-state index contributed by atoms with van der Waals surface area (Å²) in [6.45, 7) is 4.64. The molecule has 0 radical (unpaired) electrons. The summed E-state index contributed by atoms with van der Waals surface area (Å²) in [5.41, 5.74) is 1.46. The van der Waals surface area contributed by atoms with Crippen LogP contribution in [-0.2, 0) is 24.3 Å². The SMILES string of the molecule is CCc1nc([C-]=O)c2n1CCNC2.[Rb+]. The van der Waals surface area contributed by atoms with Gasteiger partial charge in [-0.3, -0.25) is 4.98 Å². The first-order chi connectivity index (χ1) is 6.36. The van der Waals surface area contributed by atoms with Crippen molar-refractivity contribution in [2.75, 3.05) is 6.54 Å². The fraction of sp³-hybridized carbons (Fsp3) is 0.556. The fourth-order valence-corrected chi connectivity index (χ4v) is 1.73. The number of rotatable bonds is 2. The van der Waals surface area contributed by atoms with E-state index in [1.165, 1.54) is 0 Å². The molecule has 2 heterocycles. The molecule has 14 heavy (non-hydrogen) atoms. The Labute approximate surface area is 132 Å². The third kappa shape index (κ3) is 2.24. The van der Waals surface area contributed by atoms with Gasteiger partial charge in [0.15, 0.2) is 0 Å². The van der Waals surface area contributed by atoms with Crippen LogP contribution >= 0.6 is 0 Å². The Morgan fingerprint density at radius 3 is 3.07 bits per heavy atom. The first-order valence-electron chi connectivity index (χ1n) is 4.54. The Hall–Kier alpha value is 0.645. The number of carbonyl (C=O) groups excluding carboxylic acids is 1. The van der Waals surface area contributed by atoms with Gasteiger partial charge < -0.3 is 14.7 Å². The molecular formula is C9H12N3ORb. The third-order valence-corrected chi connectivity index (χ3v) is 2.37. The molecule has 0 saturated heterocycles. The quantitative estimate of drug-likeness (QED) is 0.579. The van der Waals surface area contributed by atoms with Crippen molar-refractivity contribution in [3.63, 3.8) is 0 Å². The molecule has 1 aromatic rings. The van der Waals surface area contributed by atoms with E-state index in [-0.39, 0.29) is 58.2 Å². The van der Waals surface area contributed by atoms with Crippen LogP contribution in [0.1, 0.15) is 24.1 Å². The van der Waals surface area contributed by atoms with E-state index in [9.17, 15) is 4.79 Å². The Morgan fingerprint density at radius 1 is 1.64 bits per heavy atom. The number of nitrogens with one attached hydrogen (secondary N) is 1. The predicted octanol–water partition coefficient (Wildman–Crippen LogP) is -2.99. The van der Waals surface area contributed by atoms with Crippen LogP contribution in [0, 0.1) is 0 Å². The van der Waals surface area contributed by atoms with Gasteiger partial charge in [0.1, 0.15) is 0 Å². The van der Waals surface area contributed by atoms with E-state index in [2.05, 4.69) is 14.9 Å². The van der Waals surface area contributed by atoms with Crippen LogP contribution in [0.5, 0.6) is 0 Å². The smallest absolute Gasteiger partial charge is 0.417 e. The molecule has 0 aliphatic carbocycles. The Bertz CT molecular complexity index is 335. The van der Waals surface area contributed by atoms with Crippen LogP contribution in [0.2, 0.25) is 0 Å². The zero-order chi connectivity index (χ0) is 9.26. The van der Waals surface area contributed by atoms with Crippen molar-refractivity contribution >= 4 is 6.29 Å². The topological polar surface area (TPSA) is 46.9 Å². The number of nitrogens with zero attached hydrogens (tertiary/aromatic N) is 2. The van der Waals surface area contributed by atoms with E-state index < -0.39 is 0 Å². The average molecular weight is 264 g/mol. The summed E-state index contributed by atoms with van der Waals surface area (Å²) >= 11 is 0. The molecule has 2 rings (SSSR count). The van der Waals surface area contributed by atoms with E-state index in [4.69, 9.17) is 0 Å². The van der Waals surface area contributed by atoms with Crippen LogP contribution in [0.25, 0.3) is 0 Å². The summed E-state index contributed by atoms with van der Waals surface area (Å²) in [6.07, 6.45) is 2.76. The minimum atomic E-state index is 0. The number of imidazole rings is 1. The van der Waals surface area contributed by atoms with Crippen LogP contribution in [0.15, 0.2) is 0 Å². The Balaban J connectivity index is 0.000000980. The van der Waals surface area contributed by atoms with E-state index in [0.29, 0.717) is 5.69 Å². The maximum atomic E-state index is 10.6. The van der Waals surface area contributed by atoms with Gasteiger partial charge >= 0.3 is 58.2 Å². The summed E-state index contributed by atoms with van der Waals surface area (Å²) < 4.78 is 2.12. The predicted molar refractivity (Wildman–Crippen MR) is 48.1 cm³/mol. The molecule has 0 saturated carbocycles. The van der Waals surface area contributed by atoms with E-state index in [0.717, 1.165) is 37.6 Å². The molecule has 1 aromatic heterocycles. The second-order valence-corrected chi connectivity index (χ2v) is 3.11. The maximum Gasteiger partial charge on any atom is 1.00 e. The van der Waals surface area contributed by atoms with Crippen LogP contribution in [-0.4, -0.2) is 22.4 Å². The van der Waals surface area contributed by atoms with Gasteiger partial charge in [0.05, 0.1) is 5.82 Å². The third-order valence-electron chi connectivity index (χ3n) is 2.37. The maximum absolute atomic E-state index is 10.6. The molecule has 5 heteroatoms. The van der Waals surface area contributed by atoms with Gasteiger partial charge in [0, 0.05) is 25.8 Å². The molecule has 4 nitrogen and oxygen atoms in total. The zero-order valence-corrected chi connectivity index (χ0v) is 13.5. The second kappa shape index (κ2) is 5.65. The Morgan fingerprint density at radius 2 is 2.43 bits per heavy atom. The molecule has 1 aliphatic rings. The number of aromatic nitrogens is 2. The van der Waals surface area contributed by atoms with Gasteiger partial charge in [-0.05, 0) is 12.2 Å². The molecule has 0 atom stereocenters. The molecule has 0 aromatic carbocycles. The van der Waals surface area contributed by atoms with Gasteiger partial charge in [-0.15, -0.1) is 0 Å². The normalized spacial score (nSPS) is 14.4. The van der Waals surface area contributed by atoms with Crippen LogP contribution in [0.3, 0.4) is 0 Å². The molecule has 0 fully saturated rings. The summed E-state index contributed by atoms with van der Waals surface area (Å²) in [5.74, 6) is 0.995. The minimum Gasteiger partial charge on any atom is -0.417 e. The van der Waals surface area contributed by atoms with Gasteiger partial charge in [-0.1, -0.05) is 12.6 Å². The number of aryl methyl sites for hydroxylation is 1. The van der Waals surface area contributed by atoms with Gasteiger partial charge in [-0.2, -0.15) is 0 Å². The zero-order valence-electron chi connectivity index (χ0n) is 8.63. The molecule has 70 valence electrons. The van der Waals surface area contributed by atoms with Crippen molar-refractivity contribution in [3.05, 3.63) is 17.2 Å². The first-order valence-corrected chi connectivity index (χ1v) is 4.54. The van der Waals surface area contributed by atoms with E-state index in [1.807, 2.05) is 13.2 Å². The average Bonchev–Trinajstić information content (AvgIpc) is 2.56. The van der Waals surface area contributed by atoms with Gasteiger partial charge in [-0.25, -0.2) is 0 Å². The molecule has 0 amide bonds. The Kier molecular flexibility index (Phi) is 5.13. The standard InChI is InChI=1S/C9H12N3O.Rb/c1-2-9-11-7(6-13)8-5-10-3-4-12(8)9;/h10H,2-5H2,1H3;/q-1;+1. The van der Waals surface area contributed by atoms with Crippen molar-refractivity contribution in [2.45, 2.75) is 26.4 Å². The van der Waals surface area contributed by atoms with Crippen molar-refractivity contribution in [3.8, 4) is 0 Å². The van der Waals surface area contributed by atoms with Gasteiger partial charge in [0.2, 0.25) is 0 Å². The summed E-state index contributed by atoms with van der Waals surface area (Å²) in [4.78, 5) is 14.8. The molecule has 0 bridgehead atoms. The van der Waals surface area contributed by atoms with Crippen molar-refractivity contribution in [1.29, 1.82) is 0 Å². The number of hydrogen-bond donors (Lipinski definition) is 1. The number of fused-ring (bicyclic) bond motifs is 1. The molecule has 1 N–H and O–H groups in total. The summed E-state index contributed by atoms with van der Waals surface area (Å²) in [5, 5.41) is 3.21. The molecule has 1 aliphatic heterocycles. The summed E-state index contributed by atoms with van der Waals surface area (Å²) in [6, 6.07) is 0. The summed E-state index contributed by atoms with van der Waals surface area (Å²) in [7, 11) is 0. The first kappa shape index (κ1) is 12.7. The van der Waals surface area contributed by atoms with E-state index in [1.54, 1.807) is 0 Å². The largest absolute Gasteiger partial charge is 1.00 e. The molecular weight excluding hydrogens is 252 g/mol. The monoisotopic (exact) mass is 263 g/mol. The number of hydrogen-bond acceptors (Lipinski definition) is 3. The van der Waals surface area contributed by atoms with Gasteiger partial charge in [0.25, 0.3) is 0 Å². The molecule has 0 spiro atoms. The van der Waals surface area contributed by atoms with Crippen molar-refractivity contribution < 1.29 is 63.0 Å². The van der Waals surface area contributed by atoms with Crippen LogP contribution < -0.4 is 63.5 Å². The van der Waals surface area contributed by atoms with Crippen molar-refractivity contribution in [2.24, 2.45) is 0 Å². The van der Waals surface area contributed by atoms with E-state index >= 15 is 0 Å². The second-order valence-electron chi connectivity index (χ2n) is 3.11.